The summed E-state index contributed by atoms with van der Waals surface area (Å²) in [7, 11) is 0. The number of ether oxygens (including phenoxy) is 1. The van der Waals surface area contributed by atoms with Gasteiger partial charge in [-0.1, -0.05) is 82.7 Å². The minimum absolute atomic E-state index is 0.213. The molecule has 0 radical (unpaired) electrons. The molecule has 2 heteroatoms. The number of phenols is 1. The Labute approximate surface area is 152 Å². The van der Waals surface area contributed by atoms with Crippen LogP contribution in [0.25, 0.3) is 0 Å². The van der Waals surface area contributed by atoms with Gasteiger partial charge < -0.3 is 9.84 Å². The Kier molecular flexibility index (Phi) is 8.38. The van der Waals surface area contributed by atoms with E-state index >= 15 is 0 Å². The van der Waals surface area contributed by atoms with Gasteiger partial charge >= 0.3 is 0 Å². The van der Waals surface area contributed by atoms with Crippen molar-refractivity contribution >= 4 is 0 Å². The van der Waals surface area contributed by atoms with Crippen LogP contribution in [0, 0.1) is 0 Å². The number of phenolic OH excluding ortho intramolecular Hbond substituents is 1. The summed E-state index contributed by atoms with van der Waals surface area (Å²) >= 11 is 0. The lowest BCUT2D eigenvalue weighted by Gasteiger charge is -2.15. The molecule has 2 aromatic rings. The summed E-state index contributed by atoms with van der Waals surface area (Å²) in [5, 5.41) is 10.2. The van der Waals surface area contributed by atoms with E-state index in [9.17, 15) is 5.11 Å². The molecule has 0 atom stereocenters. The summed E-state index contributed by atoms with van der Waals surface area (Å²) in [4.78, 5) is 0. The van der Waals surface area contributed by atoms with E-state index in [4.69, 9.17) is 4.74 Å². The number of rotatable bonds is 11. The summed E-state index contributed by atoms with van der Waals surface area (Å²) < 4.78 is 6.12. The Balaban J connectivity index is 1.95. The molecule has 0 amide bonds. The summed E-state index contributed by atoms with van der Waals surface area (Å²) in [6, 6.07) is 13.8. The zero-order chi connectivity index (χ0) is 17.9. The first-order valence-corrected chi connectivity index (χ1v) is 9.82. The number of unbranched alkanes of at least 4 members (excludes halogenated alkanes) is 6. The van der Waals surface area contributed by atoms with Crippen LogP contribution < -0.4 is 4.74 Å². The van der Waals surface area contributed by atoms with Crippen molar-refractivity contribution in [1.82, 2.24) is 0 Å². The number of aryl methyl sites for hydroxylation is 2. The quantitative estimate of drug-likeness (QED) is 0.444. The van der Waals surface area contributed by atoms with Crippen molar-refractivity contribution < 1.29 is 9.84 Å². The van der Waals surface area contributed by atoms with Gasteiger partial charge in [-0.05, 0) is 42.5 Å². The average molecular weight is 341 g/mol. The molecule has 0 fully saturated rings. The van der Waals surface area contributed by atoms with E-state index in [0.29, 0.717) is 5.75 Å². The van der Waals surface area contributed by atoms with Crippen molar-refractivity contribution in [3.8, 4) is 17.2 Å². The van der Waals surface area contributed by atoms with Gasteiger partial charge in [0.2, 0.25) is 0 Å². The molecule has 1 N–H and O–H groups in total. The van der Waals surface area contributed by atoms with Crippen molar-refractivity contribution in [2.24, 2.45) is 0 Å². The third kappa shape index (κ3) is 6.12. The standard InChI is InChI=1S/C23H32O2/c1-3-5-6-7-8-9-10-14-20-15-11-12-18-22(20)25-23-19(4-2)16-13-17-21(23)24/h11-13,15-18,24H,3-10,14H2,1-2H3. The van der Waals surface area contributed by atoms with Crippen LogP contribution in [-0.2, 0) is 12.8 Å². The molecule has 0 unspecified atom stereocenters. The second-order valence-corrected chi connectivity index (χ2v) is 6.70. The van der Waals surface area contributed by atoms with Gasteiger partial charge in [0.25, 0.3) is 0 Å². The van der Waals surface area contributed by atoms with Crippen molar-refractivity contribution in [2.75, 3.05) is 0 Å². The Morgan fingerprint density at radius 3 is 2.20 bits per heavy atom. The Bertz CT molecular complexity index is 634. The molecule has 0 aromatic heterocycles. The smallest absolute Gasteiger partial charge is 0.172 e. The summed E-state index contributed by atoms with van der Waals surface area (Å²) in [6.07, 6.45) is 11.0. The first-order valence-electron chi connectivity index (χ1n) is 9.82. The van der Waals surface area contributed by atoms with Crippen LogP contribution in [0.4, 0.5) is 0 Å². The van der Waals surface area contributed by atoms with Crippen molar-refractivity contribution in [3.63, 3.8) is 0 Å². The van der Waals surface area contributed by atoms with E-state index in [0.717, 1.165) is 24.2 Å². The van der Waals surface area contributed by atoms with Crippen LogP contribution in [0.2, 0.25) is 0 Å². The average Bonchev–Trinajstić information content (AvgIpc) is 2.63. The predicted octanol–water partition coefficient (Wildman–Crippen LogP) is 7.04. The van der Waals surface area contributed by atoms with Crippen LogP contribution in [-0.4, -0.2) is 5.11 Å². The van der Waals surface area contributed by atoms with Gasteiger partial charge in [-0.25, -0.2) is 0 Å². The lowest BCUT2D eigenvalue weighted by Crippen LogP contribution is -1.95. The van der Waals surface area contributed by atoms with Gasteiger partial charge in [0.1, 0.15) is 5.75 Å². The fourth-order valence-electron chi connectivity index (χ4n) is 3.16. The summed E-state index contributed by atoms with van der Waals surface area (Å²) in [5.41, 5.74) is 2.26. The third-order valence-corrected chi connectivity index (χ3v) is 4.69. The van der Waals surface area contributed by atoms with Crippen LogP contribution in [0.1, 0.15) is 69.9 Å². The molecule has 0 spiro atoms. The van der Waals surface area contributed by atoms with E-state index in [-0.39, 0.29) is 5.75 Å². The van der Waals surface area contributed by atoms with Crippen molar-refractivity contribution in [2.45, 2.75) is 71.6 Å². The zero-order valence-corrected chi connectivity index (χ0v) is 15.8. The van der Waals surface area contributed by atoms with Gasteiger partial charge in [0, 0.05) is 0 Å². The second kappa shape index (κ2) is 10.8. The lowest BCUT2D eigenvalue weighted by molar-refractivity contribution is 0.405. The van der Waals surface area contributed by atoms with Crippen LogP contribution in [0.3, 0.4) is 0 Å². The highest BCUT2D eigenvalue weighted by molar-refractivity contribution is 5.49. The van der Waals surface area contributed by atoms with Crippen LogP contribution in [0.5, 0.6) is 17.2 Å². The highest BCUT2D eigenvalue weighted by Gasteiger charge is 2.11. The third-order valence-electron chi connectivity index (χ3n) is 4.69. The molecule has 2 rings (SSSR count). The first kappa shape index (κ1) is 19.4. The second-order valence-electron chi connectivity index (χ2n) is 6.70. The molecule has 0 heterocycles. The fourth-order valence-corrected chi connectivity index (χ4v) is 3.16. The molecule has 2 aromatic carbocycles. The topological polar surface area (TPSA) is 29.5 Å². The number of hydrogen-bond acceptors (Lipinski definition) is 2. The number of benzene rings is 2. The van der Waals surface area contributed by atoms with E-state index in [2.05, 4.69) is 26.0 Å². The molecular weight excluding hydrogens is 308 g/mol. The minimum atomic E-state index is 0.213. The Hall–Kier alpha value is -1.96. The van der Waals surface area contributed by atoms with Crippen molar-refractivity contribution in [1.29, 1.82) is 0 Å². The molecule has 2 nitrogen and oxygen atoms in total. The minimum Gasteiger partial charge on any atom is -0.504 e. The zero-order valence-electron chi connectivity index (χ0n) is 15.8. The Morgan fingerprint density at radius 1 is 0.760 bits per heavy atom. The van der Waals surface area contributed by atoms with Gasteiger partial charge in [0.15, 0.2) is 11.5 Å². The van der Waals surface area contributed by atoms with E-state index in [1.165, 1.54) is 50.5 Å². The molecular formula is C23H32O2. The fraction of sp³-hybridized carbons (Fsp3) is 0.478. The molecule has 0 bridgehead atoms. The summed E-state index contributed by atoms with van der Waals surface area (Å²) in [5.74, 6) is 1.67. The van der Waals surface area contributed by atoms with Crippen LogP contribution >= 0.6 is 0 Å². The highest BCUT2D eigenvalue weighted by Crippen LogP contribution is 2.36. The Morgan fingerprint density at radius 2 is 1.44 bits per heavy atom. The van der Waals surface area contributed by atoms with Crippen molar-refractivity contribution in [3.05, 3.63) is 53.6 Å². The van der Waals surface area contributed by atoms with Crippen LogP contribution in [0.15, 0.2) is 42.5 Å². The molecule has 0 aliphatic heterocycles. The SMILES string of the molecule is CCCCCCCCCc1ccccc1Oc1c(O)cccc1CC. The first-order chi connectivity index (χ1) is 12.3. The molecule has 0 aliphatic rings. The maximum absolute atomic E-state index is 10.2. The van der Waals surface area contributed by atoms with Gasteiger partial charge in [-0.2, -0.15) is 0 Å². The van der Waals surface area contributed by atoms with E-state index in [1.54, 1.807) is 6.07 Å². The van der Waals surface area contributed by atoms with Gasteiger partial charge in [0.05, 0.1) is 0 Å². The number of hydrogen-bond donors (Lipinski definition) is 1. The van der Waals surface area contributed by atoms with Gasteiger partial charge in [-0.15, -0.1) is 0 Å². The number of para-hydroxylation sites is 2. The molecule has 0 aliphatic carbocycles. The summed E-state index contributed by atoms with van der Waals surface area (Å²) in [6.45, 7) is 4.33. The van der Waals surface area contributed by atoms with E-state index < -0.39 is 0 Å². The predicted molar refractivity (Wildman–Crippen MR) is 106 cm³/mol. The largest absolute Gasteiger partial charge is 0.504 e. The molecule has 0 saturated carbocycles. The maximum atomic E-state index is 10.2. The van der Waals surface area contributed by atoms with E-state index in [1.807, 2.05) is 24.3 Å². The molecule has 0 saturated heterocycles. The molecule has 136 valence electrons. The normalized spacial score (nSPS) is 10.8. The lowest BCUT2D eigenvalue weighted by atomic mass is 10.0. The monoisotopic (exact) mass is 340 g/mol. The highest BCUT2D eigenvalue weighted by atomic mass is 16.5. The van der Waals surface area contributed by atoms with Gasteiger partial charge in [-0.3, -0.25) is 0 Å². The molecule has 25 heavy (non-hydrogen) atoms. The number of aromatic hydroxyl groups is 1. The maximum Gasteiger partial charge on any atom is 0.172 e.